The third-order valence-electron chi connectivity index (χ3n) is 4.25. The molecule has 3 aromatic rings. The molecule has 0 unspecified atom stereocenters. The highest BCUT2D eigenvalue weighted by Crippen LogP contribution is 2.25. The number of ether oxygens (including phenoxy) is 1. The molecular formula is C19H20ClN5O4S. The van der Waals surface area contributed by atoms with E-state index in [-0.39, 0.29) is 22.0 Å². The fraction of sp³-hybridized carbons (Fsp3) is 0.211. The van der Waals surface area contributed by atoms with Gasteiger partial charge in [-0.1, -0.05) is 11.6 Å². The second-order valence-corrected chi connectivity index (χ2v) is 8.98. The first-order valence-electron chi connectivity index (χ1n) is 8.78. The van der Waals surface area contributed by atoms with Gasteiger partial charge in [0.25, 0.3) is 5.91 Å². The molecule has 0 radical (unpaired) electrons. The van der Waals surface area contributed by atoms with Gasteiger partial charge in [0.15, 0.2) is 5.82 Å². The maximum atomic E-state index is 12.5. The maximum Gasteiger partial charge on any atom is 0.251 e. The maximum absolute atomic E-state index is 12.5. The van der Waals surface area contributed by atoms with E-state index in [1.54, 1.807) is 19.2 Å². The van der Waals surface area contributed by atoms with E-state index < -0.39 is 15.9 Å². The van der Waals surface area contributed by atoms with E-state index in [1.165, 1.54) is 32.3 Å². The summed E-state index contributed by atoms with van der Waals surface area (Å²) in [6, 6.07) is 11.3. The molecule has 3 rings (SSSR count). The molecule has 0 fully saturated rings. The molecule has 0 aliphatic carbocycles. The summed E-state index contributed by atoms with van der Waals surface area (Å²) in [5, 5.41) is 9.63. The van der Waals surface area contributed by atoms with E-state index in [0.717, 1.165) is 15.6 Å². The zero-order chi connectivity index (χ0) is 21.9. The number of carbonyl (C=O) groups is 1. The molecule has 11 heteroatoms. The van der Waals surface area contributed by atoms with Gasteiger partial charge in [0, 0.05) is 25.2 Å². The summed E-state index contributed by atoms with van der Waals surface area (Å²) in [5.41, 5.74) is 0.954. The lowest BCUT2D eigenvalue weighted by Crippen LogP contribution is -2.25. The third-order valence-corrected chi connectivity index (χ3v) is 6.54. The van der Waals surface area contributed by atoms with Gasteiger partial charge in [-0.2, -0.15) is 5.10 Å². The van der Waals surface area contributed by atoms with Crippen molar-refractivity contribution in [2.75, 3.05) is 21.2 Å². The number of nitrogens with one attached hydrogen (secondary N) is 2. The Bertz CT molecular complexity index is 1160. The number of halogens is 1. The first-order chi connectivity index (χ1) is 14.2. The van der Waals surface area contributed by atoms with Crippen LogP contribution in [0.3, 0.4) is 0 Å². The van der Waals surface area contributed by atoms with Crippen molar-refractivity contribution in [2.45, 2.75) is 11.4 Å². The summed E-state index contributed by atoms with van der Waals surface area (Å²) in [4.78, 5) is 16.7. The highest BCUT2D eigenvalue weighted by Gasteiger charge is 2.22. The van der Waals surface area contributed by atoms with Crippen molar-refractivity contribution < 1.29 is 17.9 Å². The number of amides is 1. The fourth-order valence-corrected chi connectivity index (χ4v) is 3.94. The molecule has 0 spiro atoms. The van der Waals surface area contributed by atoms with Crippen molar-refractivity contribution in [3.8, 4) is 17.1 Å². The van der Waals surface area contributed by atoms with Crippen molar-refractivity contribution >= 4 is 27.5 Å². The minimum absolute atomic E-state index is 0.0413. The van der Waals surface area contributed by atoms with Gasteiger partial charge in [0.05, 0.1) is 18.7 Å². The van der Waals surface area contributed by atoms with Crippen LogP contribution in [0.25, 0.3) is 11.4 Å². The Morgan fingerprint density at radius 3 is 2.53 bits per heavy atom. The van der Waals surface area contributed by atoms with E-state index >= 15 is 0 Å². The van der Waals surface area contributed by atoms with Crippen molar-refractivity contribution in [3.05, 3.63) is 58.9 Å². The predicted octanol–water partition coefficient (Wildman–Crippen LogP) is 2.31. The molecule has 0 aliphatic rings. The Balaban J connectivity index is 1.71. The topological polar surface area (TPSA) is 117 Å². The van der Waals surface area contributed by atoms with Gasteiger partial charge in [0.2, 0.25) is 10.0 Å². The average molecular weight is 450 g/mol. The van der Waals surface area contributed by atoms with Crippen LogP contribution in [0.2, 0.25) is 5.02 Å². The van der Waals surface area contributed by atoms with Crippen molar-refractivity contribution in [3.63, 3.8) is 0 Å². The van der Waals surface area contributed by atoms with E-state index in [4.69, 9.17) is 16.3 Å². The lowest BCUT2D eigenvalue weighted by atomic mass is 10.2. The summed E-state index contributed by atoms with van der Waals surface area (Å²) < 4.78 is 30.9. The zero-order valence-electron chi connectivity index (χ0n) is 16.5. The van der Waals surface area contributed by atoms with Crippen LogP contribution in [-0.2, 0) is 16.6 Å². The first kappa shape index (κ1) is 21.8. The number of carbonyl (C=O) groups excluding carboxylic acids is 1. The molecule has 0 bridgehead atoms. The standard InChI is InChI=1S/C19H20ClN5O4S/c1-25(2)30(27,28)16-10-13(6-9-15(16)20)19(26)21-11-17-22-18(24-23-17)12-4-7-14(29-3)8-5-12/h4-10H,11H2,1-3H3,(H,21,26)(H,22,23,24). The second kappa shape index (κ2) is 8.82. The molecule has 30 heavy (non-hydrogen) atoms. The van der Waals surface area contributed by atoms with Crippen LogP contribution in [0.15, 0.2) is 47.4 Å². The highest BCUT2D eigenvalue weighted by atomic mass is 35.5. The second-order valence-electron chi connectivity index (χ2n) is 6.45. The summed E-state index contributed by atoms with van der Waals surface area (Å²) >= 11 is 6.01. The van der Waals surface area contributed by atoms with Gasteiger partial charge >= 0.3 is 0 Å². The van der Waals surface area contributed by atoms with Crippen molar-refractivity contribution in [1.29, 1.82) is 0 Å². The largest absolute Gasteiger partial charge is 0.497 e. The molecule has 1 heterocycles. The molecule has 2 aromatic carbocycles. The number of aromatic amines is 1. The van der Waals surface area contributed by atoms with Gasteiger partial charge in [-0.05, 0) is 42.5 Å². The molecule has 0 saturated heterocycles. The van der Waals surface area contributed by atoms with Crippen LogP contribution in [0.5, 0.6) is 5.75 Å². The molecule has 2 N–H and O–H groups in total. The minimum Gasteiger partial charge on any atom is -0.497 e. The number of benzene rings is 2. The van der Waals surface area contributed by atoms with Crippen molar-refractivity contribution in [1.82, 2.24) is 24.8 Å². The fourth-order valence-electron chi connectivity index (χ4n) is 2.55. The molecule has 0 saturated carbocycles. The molecule has 9 nitrogen and oxygen atoms in total. The summed E-state index contributed by atoms with van der Waals surface area (Å²) in [6.07, 6.45) is 0. The van der Waals surface area contributed by atoms with E-state index in [2.05, 4.69) is 20.5 Å². The average Bonchev–Trinajstić information content (AvgIpc) is 3.21. The number of nitrogens with zero attached hydrogens (tertiary/aromatic N) is 3. The normalized spacial score (nSPS) is 11.5. The van der Waals surface area contributed by atoms with Gasteiger partial charge in [-0.25, -0.2) is 17.7 Å². The van der Waals surface area contributed by atoms with Gasteiger partial charge in [-0.3, -0.25) is 9.89 Å². The van der Waals surface area contributed by atoms with Crippen LogP contribution >= 0.6 is 11.6 Å². The Hall–Kier alpha value is -2.95. The van der Waals surface area contributed by atoms with Gasteiger partial charge in [-0.15, -0.1) is 0 Å². The summed E-state index contributed by atoms with van der Waals surface area (Å²) in [6.45, 7) is 0.0837. The molecule has 0 atom stereocenters. The van der Waals surface area contributed by atoms with Crippen LogP contribution in [0.4, 0.5) is 0 Å². The molecule has 158 valence electrons. The Labute approximate surface area is 179 Å². The van der Waals surface area contributed by atoms with Crippen LogP contribution in [-0.4, -0.2) is 55.0 Å². The Morgan fingerprint density at radius 1 is 1.20 bits per heavy atom. The Kier molecular flexibility index (Phi) is 6.40. The zero-order valence-corrected chi connectivity index (χ0v) is 18.1. The Morgan fingerprint density at radius 2 is 1.90 bits per heavy atom. The lowest BCUT2D eigenvalue weighted by Gasteiger charge is -2.13. The quantitative estimate of drug-likeness (QED) is 0.571. The van der Waals surface area contributed by atoms with E-state index in [1.807, 2.05) is 12.1 Å². The summed E-state index contributed by atoms with van der Waals surface area (Å²) in [7, 11) is 0.589. The molecule has 0 aliphatic heterocycles. The number of methoxy groups -OCH3 is 1. The lowest BCUT2D eigenvalue weighted by molar-refractivity contribution is 0.0949. The molecule has 1 aromatic heterocycles. The molecular weight excluding hydrogens is 430 g/mol. The van der Waals surface area contributed by atoms with Crippen LogP contribution < -0.4 is 10.1 Å². The minimum atomic E-state index is -3.78. The number of hydrogen-bond acceptors (Lipinski definition) is 6. The van der Waals surface area contributed by atoms with E-state index in [9.17, 15) is 13.2 Å². The highest BCUT2D eigenvalue weighted by molar-refractivity contribution is 7.89. The smallest absolute Gasteiger partial charge is 0.251 e. The van der Waals surface area contributed by atoms with Gasteiger partial charge < -0.3 is 10.1 Å². The van der Waals surface area contributed by atoms with Crippen molar-refractivity contribution in [2.24, 2.45) is 0 Å². The predicted molar refractivity (Wildman–Crippen MR) is 112 cm³/mol. The number of hydrogen-bond donors (Lipinski definition) is 2. The monoisotopic (exact) mass is 449 g/mol. The number of aromatic nitrogens is 3. The first-order valence-corrected chi connectivity index (χ1v) is 10.6. The van der Waals surface area contributed by atoms with Crippen LogP contribution in [0, 0.1) is 0 Å². The summed E-state index contributed by atoms with van der Waals surface area (Å²) in [5.74, 6) is 1.18. The SMILES string of the molecule is COc1ccc(-c2n[nH]c(CNC(=O)c3ccc(Cl)c(S(=O)(=O)N(C)C)c3)n2)cc1. The number of H-pyrrole nitrogens is 1. The molecule has 1 amide bonds. The van der Waals surface area contributed by atoms with E-state index in [0.29, 0.717) is 11.6 Å². The van der Waals surface area contributed by atoms with Crippen LogP contribution in [0.1, 0.15) is 16.2 Å². The number of sulfonamides is 1. The number of rotatable bonds is 7. The third kappa shape index (κ3) is 4.61. The van der Waals surface area contributed by atoms with Gasteiger partial charge in [0.1, 0.15) is 16.5 Å².